The molecule has 0 amide bonds. The summed E-state index contributed by atoms with van der Waals surface area (Å²) in [5, 5.41) is 3.19. The number of hydrogen-bond donors (Lipinski definition) is 1. The first-order chi connectivity index (χ1) is 6.49. The third-order valence-electron chi connectivity index (χ3n) is 2.44. The van der Waals surface area contributed by atoms with E-state index in [1.165, 1.54) is 0 Å². The molecule has 14 heavy (non-hydrogen) atoms. The summed E-state index contributed by atoms with van der Waals surface area (Å²) in [4.78, 5) is 11.6. The van der Waals surface area contributed by atoms with Crippen molar-refractivity contribution in [3.8, 4) is 0 Å². The van der Waals surface area contributed by atoms with E-state index in [1.807, 2.05) is 0 Å². The van der Waals surface area contributed by atoms with Crippen molar-refractivity contribution in [3.05, 3.63) is 0 Å². The minimum Gasteiger partial charge on any atom is -0.317 e. The van der Waals surface area contributed by atoms with E-state index < -0.39 is 9.84 Å². The van der Waals surface area contributed by atoms with E-state index in [4.69, 9.17) is 0 Å². The second-order valence-electron chi connectivity index (χ2n) is 3.91. The summed E-state index contributed by atoms with van der Waals surface area (Å²) in [7, 11) is -3.15. The highest BCUT2D eigenvalue weighted by Crippen LogP contribution is 2.15. The largest absolute Gasteiger partial charge is 0.317 e. The molecule has 1 unspecified atom stereocenters. The van der Waals surface area contributed by atoms with Crippen molar-refractivity contribution in [1.29, 1.82) is 0 Å². The smallest absolute Gasteiger partial charge is 0.154 e. The molecular formula is C9H17NO3S. The monoisotopic (exact) mass is 219 g/mol. The Bertz CT molecular complexity index is 289. The van der Waals surface area contributed by atoms with Crippen LogP contribution in [-0.2, 0) is 14.6 Å². The van der Waals surface area contributed by atoms with Crippen LogP contribution in [-0.4, -0.2) is 39.3 Å². The summed E-state index contributed by atoms with van der Waals surface area (Å²) in [5.41, 5.74) is 0. The number of carbonyl (C=O) groups excluding carboxylic acids is 1. The molecule has 0 radical (unpaired) electrons. The molecule has 82 valence electrons. The van der Waals surface area contributed by atoms with Crippen molar-refractivity contribution >= 4 is 15.6 Å². The van der Waals surface area contributed by atoms with Gasteiger partial charge in [0.25, 0.3) is 0 Å². The first kappa shape index (κ1) is 11.7. The highest BCUT2D eigenvalue weighted by atomic mass is 32.2. The van der Waals surface area contributed by atoms with E-state index in [0.717, 1.165) is 38.6 Å². The van der Waals surface area contributed by atoms with Crippen molar-refractivity contribution < 1.29 is 13.2 Å². The van der Waals surface area contributed by atoms with Crippen LogP contribution in [0.3, 0.4) is 0 Å². The van der Waals surface area contributed by atoms with Gasteiger partial charge in [-0.15, -0.1) is 0 Å². The van der Waals surface area contributed by atoms with Crippen LogP contribution in [0, 0.1) is 5.92 Å². The van der Waals surface area contributed by atoms with Crippen LogP contribution < -0.4 is 5.32 Å². The Morgan fingerprint density at radius 2 is 2.07 bits per heavy atom. The van der Waals surface area contributed by atoms with E-state index in [2.05, 4.69) is 5.32 Å². The Hall–Kier alpha value is -0.420. The molecule has 1 fully saturated rings. The minimum absolute atomic E-state index is 0.0558. The Morgan fingerprint density at radius 1 is 1.36 bits per heavy atom. The maximum absolute atomic E-state index is 11.6. The molecule has 1 atom stereocenters. The predicted octanol–water partition coefficient (Wildman–Crippen LogP) is -0.0102. The summed E-state index contributed by atoms with van der Waals surface area (Å²) in [6, 6.07) is 0. The number of carbonyl (C=O) groups is 1. The van der Waals surface area contributed by atoms with Crippen molar-refractivity contribution in [2.45, 2.75) is 19.3 Å². The molecule has 0 aliphatic carbocycles. The molecule has 0 bridgehead atoms. The van der Waals surface area contributed by atoms with Crippen LogP contribution in [0.25, 0.3) is 0 Å². The van der Waals surface area contributed by atoms with Gasteiger partial charge in [0.15, 0.2) is 15.6 Å². The summed E-state index contributed by atoms with van der Waals surface area (Å²) in [6.45, 7) is 1.75. The Labute approximate surface area is 85.0 Å². The zero-order chi connectivity index (χ0) is 10.6. The molecule has 5 heteroatoms. The first-order valence-electron chi connectivity index (χ1n) is 4.90. The van der Waals surface area contributed by atoms with Gasteiger partial charge >= 0.3 is 0 Å². The first-order valence-corrected chi connectivity index (χ1v) is 6.96. The van der Waals surface area contributed by atoms with Gasteiger partial charge in [0.05, 0.1) is 0 Å². The number of sulfone groups is 1. The fourth-order valence-electron chi connectivity index (χ4n) is 1.72. The molecule has 1 aliphatic rings. The average Bonchev–Trinajstić information content (AvgIpc) is 2.27. The zero-order valence-electron chi connectivity index (χ0n) is 8.45. The lowest BCUT2D eigenvalue weighted by Gasteiger charge is -2.10. The van der Waals surface area contributed by atoms with Crippen LogP contribution in [0.4, 0.5) is 0 Å². The van der Waals surface area contributed by atoms with Gasteiger partial charge in [0, 0.05) is 12.2 Å². The van der Waals surface area contributed by atoms with Gasteiger partial charge in [-0.1, -0.05) is 0 Å². The molecular weight excluding hydrogens is 202 g/mol. The molecule has 0 aromatic heterocycles. The fourth-order valence-corrected chi connectivity index (χ4v) is 2.47. The van der Waals surface area contributed by atoms with Gasteiger partial charge in [-0.3, -0.25) is 4.79 Å². The van der Waals surface area contributed by atoms with Crippen molar-refractivity contribution in [1.82, 2.24) is 5.32 Å². The molecule has 1 aliphatic heterocycles. The van der Waals surface area contributed by atoms with E-state index in [1.54, 1.807) is 0 Å². The lowest BCUT2D eigenvalue weighted by Crippen LogP contribution is -2.24. The number of ketones is 1. The maximum Gasteiger partial charge on any atom is 0.154 e. The van der Waals surface area contributed by atoms with Crippen LogP contribution in [0.15, 0.2) is 0 Å². The quantitative estimate of drug-likeness (QED) is 0.725. The Morgan fingerprint density at radius 3 is 2.71 bits per heavy atom. The Kier molecular flexibility index (Phi) is 4.07. The highest BCUT2D eigenvalue weighted by molar-refractivity contribution is 7.91. The van der Waals surface area contributed by atoms with Crippen molar-refractivity contribution in [3.63, 3.8) is 0 Å². The third kappa shape index (κ3) is 4.19. The predicted molar refractivity (Wildman–Crippen MR) is 54.9 cm³/mol. The van der Waals surface area contributed by atoms with Gasteiger partial charge in [-0.25, -0.2) is 8.42 Å². The second kappa shape index (κ2) is 4.89. The Balaban J connectivity index is 2.50. The lowest BCUT2D eigenvalue weighted by molar-refractivity contribution is -0.120. The molecule has 0 saturated carbocycles. The molecule has 1 heterocycles. The highest BCUT2D eigenvalue weighted by Gasteiger charge is 2.22. The SMILES string of the molecule is CS(=O)(=O)CC(=O)C1CCCNCC1. The lowest BCUT2D eigenvalue weighted by atomic mass is 9.97. The molecule has 0 aromatic rings. The summed E-state index contributed by atoms with van der Waals surface area (Å²) in [6.07, 6.45) is 3.66. The van der Waals surface area contributed by atoms with E-state index in [-0.39, 0.29) is 17.5 Å². The molecule has 0 aromatic carbocycles. The molecule has 1 saturated heterocycles. The van der Waals surface area contributed by atoms with E-state index in [9.17, 15) is 13.2 Å². The summed E-state index contributed by atoms with van der Waals surface area (Å²) in [5.74, 6) is -0.464. The zero-order valence-corrected chi connectivity index (χ0v) is 9.27. The average molecular weight is 219 g/mol. The van der Waals surface area contributed by atoms with Crippen LogP contribution in [0.5, 0.6) is 0 Å². The molecule has 1 rings (SSSR count). The minimum atomic E-state index is -3.15. The van der Waals surface area contributed by atoms with Gasteiger partial charge in [-0.2, -0.15) is 0 Å². The summed E-state index contributed by atoms with van der Waals surface area (Å²) >= 11 is 0. The molecule has 1 N–H and O–H groups in total. The normalized spacial score (nSPS) is 24.2. The number of rotatable bonds is 3. The van der Waals surface area contributed by atoms with E-state index in [0.29, 0.717) is 0 Å². The van der Waals surface area contributed by atoms with Gasteiger partial charge < -0.3 is 5.32 Å². The summed E-state index contributed by atoms with van der Waals surface area (Å²) < 4.78 is 21.9. The number of hydrogen-bond acceptors (Lipinski definition) is 4. The number of Topliss-reactive ketones (excluding diaryl/α,β-unsaturated/α-hetero) is 1. The molecule has 4 nitrogen and oxygen atoms in total. The number of nitrogens with one attached hydrogen (secondary N) is 1. The van der Waals surface area contributed by atoms with Crippen LogP contribution in [0.1, 0.15) is 19.3 Å². The second-order valence-corrected chi connectivity index (χ2v) is 6.05. The van der Waals surface area contributed by atoms with Crippen molar-refractivity contribution in [2.24, 2.45) is 5.92 Å². The molecule has 0 spiro atoms. The van der Waals surface area contributed by atoms with Gasteiger partial charge in [0.1, 0.15) is 5.75 Å². The van der Waals surface area contributed by atoms with E-state index >= 15 is 0 Å². The third-order valence-corrected chi connectivity index (χ3v) is 3.24. The van der Waals surface area contributed by atoms with Crippen molar-refractivity contribution in [2.75, 3.05) is 25.1 Å². The maximum atomic E-state index is 11.6. The van der Waals surface area contributed by atoms with Gasteiger partial charge in [-0.05, 0) is 32.4 Å². The fraction of sp³-hybridized carbons (Fsp3) is 0.889. The van der Waals surface area contributed by atoms with Crippen LogP contribution in [0.2, 0.25) is 0 Å². The van der Waals surface area contributed by atoms with Gasteiger partial charge in [0.2, 0.25) is 0 Å². The van der Waals surface area contributed by atoms with Crippen LogP contribution >= 0.6 is 0 Å². The topological polar surface area (TPSA) is 63.2 Å². The standard InChI is InChI=1S/C9H17NO3S/c1-14(12,13)7-9(11)8-3-2-5-10-6-4-8/h8,10H,2-7H2,1H3.